The zero-order valence-electron chi connectivity index (χ0n) is 18.5. The molecule has 1 heterocycles. The number of carbonyl (C=O) groups is 1. The van der Waals surface area contributed by atoms with E-state index in [1.54, 1.807) is 34.3 Å². The number of hydrogen-bond acceptors (Lipinski definition) is 6. The van der Waals surface area contributed by atoms with Gasteiger partial charge in [-0.3, -0.25) is 0 Å². The Bertz CT molecular complexity index is 873. The lowest BCUT2D eigenvalue weighted by Gasteiger charge is -2.17. The Balaban J connectivity index is 2.78. The molecule has 2 N–H and O–H groups in total. The maximum Gasteiger partial charge on any atom is 0.355 e. The first-order valence-electron chi connectivity index (χ1n) is 10.1. The molecule has 0 radical (unpaired) electrons. The molecule has 0 spiro atoms. The number of aromatic nitrogens is 1. The van der Waals surface area contributed by atoms with Crippen LogP contribution in [0.3, 0.4) is 0 Å². The van der Waals surface area contributed by atoms with Crippen molar-refractivity contribution in [3.05, 3.63) is 41.7 Å². The smallest absolute Gasteiger partial charge is 0.355 e. The van der Waals surface area contributed by atoms with E-state index >= 15 is 0 Å². The van der Waals surface area contributed by atoms with Crippen LogP contribution in [0.2, 0.25) is 0 Å². The molecule has 0 amide bonds. The average Bonchev–Trinajstić information content (AvgIpc) is 3.11. The number of rotatable bonds is 12. The number of methoxy groups -OCH3 is 3. The topological polar surface area (TPSA) is 81.8 Å². The minimum absolute atomic E-state index is 0.295. The summed E-state index contributed by atoms with van der Waals surface area (Å²) < 4.78 is 22.0. The van der Waals surface area contributed by atoms with E-state index in [1.807, 2.05) is 12.1 Å². The summed E-state index contributed by atoms with van der Waals surface area (Å²) in [7, 11) is 4.73. The second kappa shape index (κ2) is 11.3. The quantitative estimate of drug-likeness (QED) is 0.308. The summed E-state index contributed by atoms with van der Waals surface area (Å²) in [5, 5.41) is 3.40. The van der Waals surface area contributed by atoms with Gasteiger partial charge in [0, 0.05) is 23.4 Å². The highest BCUT2D eigenvalue weighted by atomic mass is 16.5. The summed E-state index contributed by atoms with van der Waals surface area (Å²) in [5.74, 6) is 1.20. The van der Waals surface area contributed by atoms with Crippen molar-refractivity contribution in [1.82, 2.24) is 10.3 Å². The Morgan fingerprint density at radius 2 is 1.87 bits per heavy atom. The molecule has 0 fully saturated rings. The molecule has 0 aliphatic heterocycles. The third-order valence-corrected chi connectivity index (χ3v) is 4.71. The van der Waals surface area contributed by atoms with Crippen molar-refractivity contribution in [3.63, 3.8) is 0 Å². The van der Waals surface area contributed by atoms with Gasteiger partial charge in [0.05, 0.1) is 27.9 Å². The first kappa shape index (κ1) is 23.3. The van der Waals surface area contributed by atoms with Crippen LogP contribution in [0.25, 0.3) is 11.1 Å². The number of ether oxygens (including phenoxy) is 4. The fourth-order valence-electron chi connectivity index (χ4n) is 3.47. The van der Waals surface area contributed by atoms with Crippen LogP contribution in [0.1, 0.15) is 42.0 Å². The van der Waals surface area contributed by atoms with Gasteiger partial charge in [0.1, 0.15) is 5.69 Å². The molecule has 1 aromatic heterocycles. The minimum Gasteiger partial charge on any atom is -0.493 e. The van der Waals surface area contributed by atoms with Gasteiger partial charge < -0.3 is 29.2 Å². The number of carbonyl (C=O) groups excluding carboxylic acids is 1. The third-order valence-electron chi connectivity index (χ3n) is 4.71. The lowest BCUT2D eigenvalue weighted by Crippen LogP contribution is -2.15. The van der Waals surface area contributed by atoms with E-state index in [4.69, 9.17) is 18.9 Å². The van der Waals surface area contributed by atoms with Crippen molar-refractivity contribution in [3.8, 4) is 28.4 Å². The Hall–Kier alpha value is -2.93. The SMILES string of the molecule is C=CCc1c(C(=O)OCC)[nH]c(CNCCC)c1-c1ccc(OC)c(OC)c1OC. The van der Waals surface area contributed by atoms with E-state index in [0.717, 1.165) is 35.3 Å². The van der Waals surface area contributed by atoms with E-state index in [9.17, 15) is 4.79 Å². The molecular weight excluding hydrogens is 384 g/mol. The minimum atomic E-state index is -0.392. The molecular formula is C23H32N2O5. The maximum atomic E-state index is 12.7. The van der Waals surface area contributed by atoms with Crippen molar-refractivity contribution in [2.24, 2.45) is 0 Å². The zero-order valence-corrected chi connectivity index (χ0v) is 18.5. The molecule has 0 saturated heterocycles. The van der Waals surface area contributed by atoms with Gasteiger partial charge in [-0.25, -0.2) is 4.79 Å². The Labute approximate surface area is 178 Å². The number of nitrogens with one attached hydrogen (secondary N) is 2. The summed E-state index contributed by atoms with van der Waals surface area (Å²) in [6.45, 7) is 9.47. The lowest BCUT2D eigenvalue weighted by molar-refractivity contribution is 0.0519. The normalized spacial score (nSPS) is 10.6. The first-order chi connectivity index (χ1) is 14.6. The Morgan fingerprint density at radius 1 is 1.13 bits per heavy atom. The predicted molar refractivity (Wildman–Crippen MR) is 118 cm³/mol. The average molecular weight is 417 g/mol. The van der Waals surface area contributed by atoms with E-state index < -0.39 is 5.97 Å². The summed E-state index contributed by atoms with van der Waals surface area (Å²) in [4.78, 5) is 15.9. The fraction of sp³-hybridized carbons (Fsp3) is 0.435. The van der Waals surface area contributed by atoms with Crippen LogP contribution in [0, 0.1) is 0 Å². The maximum absolute atomic E-state index is 12.7. The standard InChI is InChI=1S/C23H32N2O5/c1-7-10-15-19(16-11-12-18(27-4)22(29-6)21(16)28-5)17(14-24-13-8-2)25-20(15)23(26)30-9-3/h7,11-12,24-25H,1,8-10,13-14H2,2-6H3. The van der Waals surface area contributed by atoms with E-state index in [1.165, 1.54) is 0 Å². The van der Waals surface area contributed by atoms with Crippen LogP contribution in [0.15, 0.2) is 24.8 Å². The number of allylic oxidation sites excluding steroid dienone is 1. The van der Waals surface area contributed by atoms with Gasteiger partial charge in [-0.15, -0.1) is 6.58 Å². The molecule has 7 heteroatoms. The molecule has 0 atom stereocenters. The van der Waals surface area contributed by atoms with Gasteiger partial charge in [0.25, 0.3) is 0 Å². The van der Waals surface area contributed by atoms with Gasteiger partial charge >= 0.3 is 5.97 Å². The fourth-order valence-corrected chi connectivity index (χ4v) is 3.47. The number of H-pyrrole nitrogens is 1. The van der Waals surface area contributed by atoms with Crippen molar-refractivity contribution in [2.75, 3.05) is 34.5 Å². The third kappa shape index (κ3) is 4.79. The molecule has 0 bridgehead atoms. The van der Waals surface area contributed by atoms with Crippen molar-refractivity contribution < 1.29 is 23.7 Å². The van der Waals surface area contributed by atoms with Gasteiger partial charge in [-0.2, -0.15) is 0 Å². The second-order valence-electron chi connectivity index (χ2n) is 6.60. The van der Waals surface area contributed by atoms with Gasteiger partial charge in [-0.05, 0) is 44.0 Å². The highest BCUT2D eigenvalue weighted by molar-refractivity contribution is 5.94. The van der Waals surface area contributed by atoms with Gasteiger partial charge in [0.15, 0.2) is 11.5 Å². The van der Waals surface area contributed by atoms with E-state index in [0.29, 0.717) is 42.5 Å². The summed E-state index contributed by atoms with van der Waals surface area (Å²) in [5.41, 5.74) is 3.78. The van der Waals surface area contributed by atoms with E-state index in [-0.39, 0.29) is 0 Å². The van der Waals surface area contributed by atoms with Crippen molar-refractivity contribution in [1.29, 1.82) is 0 Å². The number of benzene rings is 1. The molecule has 1 aromatic carbocycles. The Kier molecular flexibility index (Phi) is 8.80. The van der Waals surface area contributed by atoms with Crippen LogP contribution >= 0.6 is 0 Å². The summed E-state index contributed by atoms with van der Waals surface area (Å²) in [6.07, 6.45) is 3.26. The second-order valence-corrected chi connectivity index (χ2v) is 6.60. The highest BCUT2D eigenvalue weighted by Gasteiger charge is 2.27. The number of esters is 1. The lowest BCUT2D eigenvalue weighted by atomic mass is 9.96. The molecule has 0 unspecified atom stereocenters. The zero-order chi connectivity index (χ0) is 22.1. The molecule has 2 rings (SSSR count). The largest absolute Gasteiger partial charge is 0.493 e. The van der Waals surface area contributed by atoms with Gasteiger partial charge in [0.2, 0.25) is 5.75 Å². The Morgan fingerprint density at radius 3 is 2.43 bits per heavy atom. The van der Waals surface area contributed by atoms with Crippen LogP contribution in [0.5, 0.6) is 17.2 Å². The molecule has 30 heavy (non-hydrogen) atoms. The molecule has 164 valence electrons. The molecule has 0 aliphatic carbocycles. The summed E-state index contributed by atoms with van der Waals surface area (Å²) >= 11 is 0. The monoisotopic (exact) mass is 416 g/mol. The van der Waals surface area contributed by atoms with Crippen LogP contribution in [-0.2, 0) is 17.7 Å². The molecule has 7 nitrogen and oxygen atoms in total. The summed E-state index contributed by atoms with van der Waals surface area (Å²) in [6, 6.07) is 3.74. The number of hydrogen-bond donors (Lipinski definition) is 2. The molecule has 0 saturated carbocycles. The van der Waals surface area contributed by atoms with Gasteiger partial charge in [-0.1, -0.05) is 13.0 Å². The molecule has 2 aromatic rings. The van der Waals surface area contributed by atoms with Crippen LogP contribution < -0.4 is 19.5 Å². The molecule has 0 aliphatic rings. The first-order valence-corrected chi connectivity index (χ1v) is 10.1. The van der Waals surface area contributed by atoms with Crippen molar-refractivity contribution >= 4 is 5.97 Å². The predicted octanol–water partition coefficient (Wildman–Crippen LogP) is 4.11. The number of aromatic amines is 1. The van der Waals surface area contributed by atoms with Crippen LogP contribution in [-0.4, -0.2) is 45.4 Å². The van der Waals surface area contributed by atoms with E-state index in [2.05, 4.69) is 23.8 Å². The highest BCUT2D eigenvalue weighted by Crippen LogP contribution is 2.46. The van der Waals surface area contributed by atoms with Crippen molar-refractivity contribution in [2.45, 2.75) is 33.2 Å². The van der Waals surface area contributed by atoms with Crippen LogP contribution in [0.4, 0.5) is 0 Å².